The molecule has 0 heterocycles. The molecule has 1 atom stereocenters. The average molecular weight is 358 g/mol. The van der Waals surface area contributed by atoms with Crippen molar-refractivity contribution in [1.82, 2.24) is 5.43 Å². The molecule has 5 heteroatoms. The Hall–Kier alpha value is -0.940. The summed E-state index contributed by atoms with van der Waals surface area (Å²) in [6.45, 7) is 2.00. The summed E-state index contributed by atoms with van der Waals surface area (Å²) in [5.74, 6) is 5.40. The van der Waals surface area contributed by atoms with Gasteiger partial charge in [0.2, 0.25) is 0 Å². The van der Waals surface area contributed by atoms with Crippen molar-refractivity contribution in [3.05, 3.63) is 68.4 Å². The molecule has 0 saturated carbocycles. The highest BCUT2D eigenvalue weighted by atomic mass is 79.9. The Labute approximate surface area is 131 Å². The van der Waals surface area contributed by atoms with E-state index in [9.17, 15) is 4.39 Å². The van der Waals surface area contributed by atoms with Crippen LogP contribution in [0.5, 0.6) is 0 Å². The molecule has 0 aliphatic carbocycles. The van der Waals surface area contributed by atoms with Crippen LogP contribution in [0.3, 0.4) is 0 Å². The first-order valence-electron chi connectivity index (χ1n) is 6.17. The first-order valence-corrected chi connectivity index (χ1v) is 7.34. The maximum Gasteiger partial charge on any atom is 0.123 e. The highest BCUT2D eigenvalue weighted by molar-refractivity contribution is 9.10. The summed E-state index contributed by atoms with van der Waals surface area (Å²) in [7, 11) is 0. The fraction of sp³-hybridized carbons (Fsp3) is 0.200. The first kappa shape index (κ1) is 15.4. The van der Waals surface area contributed by atoms with E-state index in [2.05, 4.69) is 21.4 Å². The third-order valence-corrected chi connectivity index (χ3v) is 4.26. The molecule has 0 aliphatic heterocycles. The predicted molar refractivity (Wildman–Crippen MR) is 84.1 cm³/mol. The van der Waals surface area contributed by atoms with Gasteiger partial charge in [-0.25, -0.2) is 4.39 Å². The maximum atomic E-state index is 13.4. The fourth-order valence-corrected chi connectivity index (χ4v) is 2.75. The summed E-state index contributed by atoms with van der Waals surface area (Å²) in [5.41, 5.74) is 5.73. The quantitative estimate of drug-likeness (QED) is 0.632. The number of rotatable bonds is 4. The van der Waals surface area contributed by atoms with Crippen LogP contribution in [0.25, 0.3) is 0 Å². The Kier molecular flexibility index (Phi) is 5.16. The molecule has 0 amide bonds. The van der Waals surface area contributed by atoms with Crippen LogP contribution >= 0.6 is 27.5 Å². The van der Waals surface area contributed by atoms with Crippen LogP contribution in [0.1, 0.15) is 22.7 Å². The van der Waals surface area contributed by atoms with Crippen molar-refractivity contribution in [1.29, 1.82) is 0 Å². The standard InChI is InChI=1S/C15H15BrClFN2/c1-9-2-3-11(17)8-13(9)15(20-19)7-10-6-12(18)4-5-14(10)16/h2-6,8,15,20H,7,19H2,1H3. The number of hydrogen-bond acceptors (Lipinski definition) is 2. The Morgan fingerprint density at radius 3 is 2.75 bits per heavy atom. The van der Waals surface area contributed by atoms with E-state index < -0.39 is 0 Å². The second-order valence-electron chi connectivity index (χ2n) is 4.66. The monoisotopic (exact) mass is 356 g/mol. The molecular formula is C15H15BrClFN2. The molecule has 106 valence electrons. The lowest BCUT2D eigenvalue weighted by Crippen LogP contribution is -2.30. The van der Waals surface area contributed by atoms with E-state index in [1.807, 2.05) is 25.1 Å². The van der Waals surface area contributed by atoms with E-state index in [4.69, 9.17) is 17.4 Å². The van der Waals surface area contributed by atoms with Crippen LogP contribution in [0.15, 0.2) is 40.9 Å². The van der Waals surface area contributed by atoms with Crippen LogP contribution in [0.2, 0.25) is 5.02 Å². The summed E-state index contributed by atoms with van der Waals surface area (Å²) in [4.78, 5) is 0. The van der Waals surface area contributed by atoms with Gasteiger partial charge in [-0.3, -0.25) is 11.3 Å². The second kappa shape index (κ2) is 6.68. The van der Waals surface area contributed by atoms with Gasteiger partial charge >= 0.3 is 0 Å². The highest BCUT2D eigenvalue weighted by Gasteiger charge is 2.15. The molecule has 0 fully saturated rings. The third-order valence-electron chi connectivity index (χ3n) is 3.25. The van der Waals surface area contributed by atoms with E-state index in [-0.39, 0.29) is 11.9 Å². The van der Waals surface area contributed by atoms with Crippen LogP contribution in [-0.2, 0) is 6.42 Å². The first-order chi connectivity index (χ1) is 9.51. The Morgan fingerprint density at radius 1 is 1.30 bits per heavy atom. The fourth-order valence-electron chi connectivity index (χ4n) is 2.17. The molecule has 2 aromatic rings. The van der Waals surface area contributed by atoms with Gasteiger partial charge in [0.25, 0.3) is 0 Å². The molecule has 0 spiro atoms. The molecule has 0 saturated heterocycles. The molecule has 0 aromatic heterocycles. The van der Waals surface area contributed by atoms with Gasteiger partial charge in [0.05, 0.1) is 6.04 Å². The topological polar surface area (TPSA) is 38.0 Å². The minimum absolute atomic E-state index is 0.133. The molecule has 2 aromatic carbocycles. The molecule has 0 radical (unpaired) electrons. The zero-order valence-electron chi connectivity index (χ0n) is 11.0. The number of halogens is 3. The molecular weight excluding hydrogens is 343 g/mol. The average Bonchev–Trinajstić information content (AvgIpc) is 2.42. The van der Waals surface area contributed by atoms with Gasteiger partial charge in [0, 0.05) is 9.50 Å². The van der Waals surface area contributed by atoms with E-state index in [0.29, 0.717) is 11.4 Å². The lowest BCUT2D eigenvalue weighted by molar-refractivity contribution is 0.545. The Bertz CT molecular complexity index is 619. The van der Waals surface area contributed by atoms with Gasteiger partial charge in [-0.15, -0.1) is 0 Å². The number of nitrogens with one attached hydrogen (secondary N) is 1. The zero-order valence-corrected chi connectivity index (χ0v) is 13.3. The van der Waals surface area contributed by atoms with Crippen LogP contribution in [0, 0.1) is 12.7 Å². The number of benzene rings is 2. The number of hydrazine groups is 1. The Morgan fingerprint density at radius 2 is 2.05 bits per heavy atom. The van der Waals surface area contributed by atoms with E-state index in [1.54, 1.807) is 6.07 Å². The highest BCUT2D eigenvalue weighted by Crippen LogP contribution is 2.27. The maximum absolute atomic E-state index is 13.4. The summed E-state index contributed by atoms with van der Waals surface area (Å²) in [6, 6.07) is 10.2. The SMILES string of the molecule is Cc1ccc(Cl)cc1C(Cc1cc(F)ccc1Br)NN. The summed E-state index contributed by atoms with van der Waals surface area (Å²) >= 11 is 9.47. The summed E-state index contributed by atoms with van der Waals surface area (Å²) in [5, 5.41) is 0.657. The van der Waals surface area contributed by atoms with E-state index >= 15 is 0 Å². The largest absolute Gasteiger partial charge is 0.271 e. The van der Waals surface area contributed by atoms with Crippen molar-refractivity contribution in [3.63, 3.8) is 0 Å². The van der Waals surface area contributed by atoms with Crippen LogP contribution in [0.4, 0.5) is 4.39 Å². The van der Waals surface area contributed by atoms with Gasteiger partial charge < -0.3 is 0 Å². The molecule has 20 heavy (non-hydrogen) atoms. The molecule has 3 N–H and O–H groups in total. The van der Waals surface area contributed by atoms with E-state index in [1.165, 1.54) is 12.1 Å². The zero-order chi connectivity index (χ0) is 14.7. The normalized spacial score (nSPS) is 12.4. The van der Waals surface area contributed by atoms with Crippen LogP contribution < -0.4 is 11.3 Å². The minimum atomic E-state index is -0.262. The molecule has 0 bridgehead atoms. The number of aryl methyl sites for hydroxylation is 1. The molecule has 0 aliphatic rings. The van der Waals surface area contributed by atoms with Gasteiger partial charge in [-0.2, -0.15) is 0 Å². The lowest BCUT2D eigenvalue weighted by Gasteiger charge is -2.19. The van der Waals surface area contributed by atoms with Crippen molar-refractivity contribution in [2.45, 2.75) is 19.4 Å². The van der Waals surface area contributed by atoms with Gasteiger partial charge in [-0.05, 0) is 60.4 Å². The smallest absolute Gasteiger partial charge is 0.123 e. The van der Waals surface area contributed by atoms with Crippen molar-refractivity contribution in [2.75, 3.05) is 0 Å². The number of nitrogens with two attached hydrogens (primary N) is 1. The van der Waals surface area contributed by atoms with Gasteiger partial charge in [0.15, 0.2) is 0 Å². The molecule has 2 rings (SSSR count). The summed E-state index contributed by atoms with van der Waals surface area (Å²) in [6.07, 6.45) is 0.566. The van der Waals surface area contributed by atoms with Crippen LogP contribution in [-0.4, -0.2) is 0 Å². The minimum Gasteiger partial charge on any atom is -0.271 e. The Balaban J connectivity index is 2.33. The lowest BCUT2D eigenvalue weighted by atomic mass is 9.96. The molecule has 1 unspecified atom stereocenters. The van der Waals surface area contributed by atoms with Gasteiger partial charge in [-0.1, -0.05) is 33.6 Å². The van der Waals surface area contributed by atoms with Crippen molar-refractivity contribution >= 4 is 27.5 Å². The predicted octanol–water partition coefficient (Wildman–Crippen LogP) is 4.30. The van der Waals surface area contributed by atoms with Crippen molar-refractivity contribution in [3.8, 4) is 0 Å². The molecule has 2 nitrogen and oxygen atoms in total. The summed E-state index contributed by atoms with van der Waals surface area (Å²) < 4.78 is 14.2. The van der Waals surface area contributed by atoms with Crippen molar-refractivity contribution < 1.29 is 4.39 Å². The third kappa shape index (κ3) is 3.58. The van der Waals surface area contributed by atoms with E-state index in [0.717, 1.165) is 21.2 Å². The second-order valence-corrected chi connectivity index (χ2v) is 5.95. The van der Waals surface area contributed by atoms with Crippen molar-refractivity contribution in [2.24, 2.45) is 5.84 Å². The number of hydrogen-bond donors (Lipinski definition) is 2. The van der Waals surface area contributed by atoms with Gasteiger partial charge in [0.1, 0.15) is 5.82 Å².